The smallest absolute Gasteiger partial charge is 0.161 e. The summed E-state index contributed by atoms with van der Waals surface area (Å²) in [6, 6.07) is 5.31. The summed E-state index contributed by atoms with van der Waals surface area (Å²) in [6.45, 7) is 1.95. The largest absolute Gasteiger partial charge is 0.493 e. The second kappa shape index (κ2) is 7.89. The third-order valence-corrected chi connectivity index (χ3v) is 2.16. The van der Waals surface area contributed by atoms with Crippen LogP contribution in [0.25, 0.3) is 0 Å². The summed E-state index contributed by atoms with van der Waals surface area (Å²) in [6.07, 6.45) is 0. The first-order valence-electron chi connectivity index (χ1n) is 5.50. The molecule has 0 unspecified atom stereocenters. The number of methoxy groups -OCH3 is 1. The Morgan fingerprint density at radius 1 is 1.18 bits per heavy atom. The van der Waals surface area contributed by atoms with E-state index in [1.54, 1.807) is 25.3 Å². The van der Waals surface area contributed by atoms with Crippen LogP contribution in [0.15, 0.2) is 18.2 Å². The van der Waals surface area contributed by atoms with Crippen LogP contribution in [0, 0.1) is 0 Å². The fourth-order valence-corrected chi connectivity index (χ4v) is 1.33. The van der Waals surface area contributed by atoms with E-state index in [1.165, 1.54) is 0 Å². The minimum absolute atomic E-state index is 0.0176. The van der Waals surface area contributed by atoms with Gasteiger partial charge in [-0.05, 0) is 17.7 Å². The van der Waals surface area contributed by atoms with Gasteiger partial charge in [-0.1, -0.05) is 6.07 Å². The van der Waals surface area contributed by atoms with Gasteiger partial charge in [0.2, 0.25) is 0 Å². The Morgan fingerprint density at radius 2 is 2.00 bits per heavy atom. The van der Waals surface area contributed by atoms with E-state index in [9.17, 15) is 0 Å². The molecule has 3 N–H and O–H groups in total. The molecule has 0 fully saturated rings. The predicted octanol–water partition coefficient (Wildman–Crippen LogP) is 0.542. The number of aliphatic hydroxyl groups is 1. The molecule has 0 aliphatic heterocycles. The first-order chi connectivity index (χ1) is 8.31. The van der Waals surface area contributed by atoms with E-state index in [-0.39, 0.29) is 6.61 Å². The first kappa shape index (κ1) is 13.8. The first-order valence-corrected chi connectivity index (χ1v) is 5.50. The van der Waals surface area contributed by atoms with Crippen LogP contribution in [0.3, 0.4) is 0 Å². The van der Waals surface area contributed by atoms with Crippen molar-refractivity contribution in [3.8, 4) is 11.5 Å². The zero-order valence-corrected chi connectivity index (χ0v) is 10.0. The molecule has 0 amide bonds. The van der Waals surface area contributed by atoms with Gasteiger partial charge in [-0.25, -0.2) is 0 Å². The Bertz CT molecular complexity index is 330. The molecule has 0 spiro atoms. The molecule has 0 atom stereocenters. The second-order valence-corrected chi connectivity index (χ2v) is 3.39. The van der Waals surface area contributed by atoms with E-state index in [1.807, 2.05) is 0 Å². The van der Waals surface area contributed by atoms with Crippen molar-refractivity contribution in [3.63, 3.8) is 0 Å². The van der Waals surface area contributed by atoms with Gasteiger partial charge < -0.3 is 25.1 Å². The zero-order valence-electron chi connectivity index (χ0n) is 10.0. The van der Waals surface area contributed by atoms with Gasteiger partial charge in [0.1, 0.15) is 6.61 Å². The van der Waals surface area contributed by atoms with E-state index in [2.05, 4.69) is 0 Å². The van der Waals surface area contributed by atoms with Crippen LogP contribution in [0.2, 0.25) is 0 Å². The molecule has 1 aromatic rings. The Balaban J connectivity index is 2.46. The number of hydrogen-bond donors (Lipinski definition) is 2. The summed E-state index contributed by atoms with van der Waals surface area (Å²) in [7, 11) is 1.56. The van der Waals surface area contributed by atoms with E-state index in [0.29, 0.717) is 37.9 Å². The van der Waals surface area contributed by atoms with Gasteiger partial charge in [0, 0.05) is 6.54 Å². The highest BCUT2D eigenvalue weighted by Gasteiger charge is 2.05. The lowest BCUT2D eigenvalue weighted by molar-refractivity contribution is 0.104. The maximum Gasteiger partial charge on any atom is 0.161 e. The molecule has 96 valence electrons. The van der Waals surface area contributed by atoms with Crippen LogP contribution in [0.1, 0.15) is 5.56 Å². The van der Waals surface area contributed by atoms with Crippen LogP contribution in [0.4, 0.5) is 0 Å². The summed E-state index contributed by atoms with van der Waals surface area (Å²) in [4.78, 5) is 0. The van der Waals surface area contributed by atoms with Crippen LogP contribution >= 0.6 is 0 Å². The number of aliphatic hydroxyl groups excluding tert-OH is 1. The molecule has 17 heavy (non-hydrogen) atoms. The van der Waals surface area contributed by atoms with Gasteiger partial charge in [-0.15, -0.1) is 0 Å². The average Bonchev–Trinajstić information content (AvgIpc) is 2.38. The van der Waals surface area contributed by atoms with Crippen LogP contribution in [-0.2, 0) is 11.3 Å². The van der Waals surface area contributed by atoms with E-state index >= 15 is 0 Å². The molecule has 1 aromatic carbocycles. The van der Waals surface area contributed by atoms with Gasteiger partial charge in [-0.3, -0.25) is 0 Å². The Hall–Kier alpha value is -1.30. The van der Waals surface area contributed by atoms with E-state index in [4.69, 9.17) is 25.1 Å². The lowest BCUT2D eigenvalue weighted by Gasteiger charge is -2.11. The summed E-state index contributed by atoms with van der Waals surface area (Å²) in [5.74, 6) is 1.25. The topological polar surface area (TPSA) is 73.9 Å². The van der Waals surface area contributed by atoms with Crippen molar-refractivity contribution in [2.24, 2.45) is 5.73 Å². The molecule has 0 aliphatic rings. The highest BCUT2D eigenvalue weighted by Crippen LogP contribution is 2.27. The van der Waals surface area contributed by atoms with Gasteiger partial charge in [0.05, 0.1) is 26.9 Å². The maximum absolute atomic E-state index is 8.99. The molecule has 0 radical (unpaired) electrons. The number of hydrogen-bond acceptors (Lipinski definition) is 5. The van der Waals surface area contributed by atoms with Gasteiger partial charge in [0.15, 0.2) is 11.5 Å². The normalized spacial score (nSPS) is 10.3. The van der Waals surface area contributed by atoms with Crippen molar-refractivity contribution >= 4 is 0 Å². The highest BCUT2D eigenvalue weighted by molar-refractivity contribution is 5.42. The van der Waals surface area contributed by atoms with Crippen molar-refractivity contribution in [3.05, 3.63) is 23.8 Å². The minimum atomic E-state index is -0.0176. The third-order valence-electron chi connectivity index (χ3n) is 2.16. The standard InChI is InChI=1S/C12H19NO4/c1-15-12-8-10(9-14)2-3-11(12)17-7-6-16-5-4-13/h2-3,8,14H,4-7,9,13H2,1H3. The fourth-order valence-electron chi connectivity index (χ4n) is 1.33. The maximum atomic E-state index is 8.99. The molecule has 1 rings (SSSR count). The van der Waals surface area contributed by atoms with Crippen LogP contribution in [0.5, 0.6) is 11.5 Å². The lowest BCUT2D eigenvalue weighted by atomic mass is 10.2. The molecule has 5 nitrogen and oxygen atoms in total. The third kappa shape index (κ3) is 4.60. The van der Waals surface area contributed by atoms with Crippen molar-refractivity contribution < 1.29 is 19.3 Å². The van der Waals surface area contributed by atoms with Crippen LogP contribution in [-0.4, -0.2) is 38.6 Å². The van der Waals surface area contributed by atoms with E-state index < -0.39 is 0 Å². The second-order valence-electron chi connectivity index (χ2n) is 3.39. The summed E-state index contributed by atoms with van der Waals surface area (Å²) in [5.41, 5.74) is 6.08. The zero-order chi connectivity index (χ0) is 12.5. The summed E-state index contributed by atoms with van der Waals surface area (Å²) < 4.78 is 15.9. The number of benzene rings is 1. The van der Waals surface area contributed by atoms with Gasteiger partial charge >= 0.3 is 0 Å². The van der Waals surface area contributed by atoms with Crippen molar-refractivity contribution in [1.29, 1.82) is 0 Å². The SMILES string of the molecule is COc1cc(CO)ccc1OCCOCCN. The van der Waals surface area contributed by atoms with Gasteiger partial charge in [-0.2, -0.15) is 0 Å². The Morgan fingerprint density at radius 3 is 2.65 bits per heavy atom. The molecule has 5 heteroatoms. The molecule has 0 bridgehead atoms. The minimum Gasteiger partial charge on any atom is -0.493 e. The molecular formula is C12H19NO4. The van der Waals surface area contributed by atoms with Crippen molar-refractivity contribution in [1.82, 2.24) is 0 Å². The Kier molecular flexibility index (Phi) is 6.39. The molecule has 0 aromatic heterocycles. The monoisotopic (exact) mass is 241 g/mol. The van der Waals surface area contributed by atoms with Gasteiger partial charge in [0.25, 0.3) is 0 Å². The average molecular weight is 241 g/mol. The summed E-state index contributed by atoms with van der Waals surface area (Å²) in [5, 5.41) is 8.99. The number of ether oxygens (including phenoxy) is 3. The van der Waals surface area contributed by atoms with Crippen molar-refractivity contribution in [2.45, 2.75) is 6.61 Å². The molecule has 0 saturated carbocycles. The highest BCUT2D eigenvalue weighted by atomic mass is 16.5. The summed E-state index contributed by atoms with van der Waals surface area (Å²) >= 11 is 0. The van der Waals surface area contributed by atoms with E-state index in [0.717, 1.165) is 5.56 Å². The molecule has 0 heterocycles. The number of rotatable bonds is 8. The fraction of sp³-hybridized carbons (Fsp3) is 0.500. The quantitative estimate of drug-likeness (QED) is 0.650. The predicted molar refractivity (Wildman–Crippen MR) is 64.3 cm³/mol. The van der Waals surface area contributed by atoms with Crippen molar-refractivity contribution in [2.75, 3.05) is 33.5 Å². The van der Waals surface area contributed by atoms with Crippen LogP contribution < -0.4 is 15.2 Å². The Labute approximate surface area is 101 Å². The number of nitrogens with two attached hydrogens (primary N) is 1. The lowest BCUT2D eigenvalue weighted by Crippen LogP contribution is -2.13. The molecular weight excluding hydrogens is 222 g/mol. The molecule has 0 saturated heterocycles. The molecule has 0 aliphatic carbocycles.